The quantitative estimate of drug-likeness (QED) is 0.786. The van der Waals surface area contributed by atoms with Crippen LogP contribution in [0.15, 0.2) is 57.9 Å². The molecule has 21 heavy (non-hydrogen) atoms. The fourth-order valence-corrected chi connectivity index (χ4v) is 3.78. The van der Waals surface area contributed by atoms with E-state index in [4.69, 9.17) is 11.6 Å². The van der Waals surface area contributed by atoms with Crippen molar-refractivity contribution in [2.24, 2.45) is 0 Å². The van der Waals surface area contributed by atoms with E-state index in [1.807, 2.05) is 6.07 Å². The van der Waals surface area contributed by atoms with Crippen molar-refractivity contribution in [3.63, 3.8) is 0 Å². The van der Waals surface area contributed by atoms with Crippen LogP contribution < -0.4 is 4.72 Å². The Bertz CT molecular complexity index is 725. The summed E-state index contributed by atoms with van der Waals surface area (Å²) in [5, 5.41) is 0. The second kappa shape index (κ2) is 6.87. The smallest absolute Gasteiger partial charge is 0.207 e. The zero-order chi connectivity index (χ0) is 15.5. The highest BCUT2D eigenvalue weighted by Crippen LogP contribution is 2.22. The van der Waals surface area contributed by atoms with Gasteiger partial charge in [-0.2, -0.15) is 0 Å². The van der Waals surface area contributed by atoms with E-state index in [0.717, 1.165) is 6.07 Å². The van der Waals surface area contributed by atoms with Crippen molar-refractivity contribution in [2.75, 3.05) is 5.88 Å². The Morgan fingerprint density at radius 3 is 2.43 bits per heavy atom. The molecule has 7 heteroatoms. The van der Waals surface area contributed by atoms with Gasteiger partial charge in [0.15, 0.2) is 0 Å². The minimum absolute atomic E-state index is 0.0430. The molecule has 0 saturated carbocycles. The lowest BCUT2D eigenvalue weighted by atomic mass is 10.1. The van der Waals surface area contributed by atoms with Crippen LogP contribution in [0.2, 0.25) is 0 Å². The lowest BCUT2D eigenvalue weighted by Gasteiger charge is -2.17. The van der Waals surface area contributed by atoms with Crippen LogP contribution in [0, 0.1) is 5.82 Å². The Kier molecular flexibility index (Phi) is 5.37. The summed E-state index contributed by atoms with van der Waals surface area (Å²) >= 11 is 8.92. The summed E-state index contributed by atoms with van der Waals surface area (Å²) in [5.74, 6) is -0.778. The van der Waals surface area contributed by atoms with Crippen LogP contribution in [-0.2, 0) is 10.0 Å². The molecular formula is C14H12BrClFNO2S. The number of rotatable bonds is 5. The maximum Gasteiger partial charge on any atom is 0.244 e. The fourth-order valence-electron chi connectivity index (χ4n) is 1.82. The largest absolute Gasteiger partial charge is 0.244 e. The number of nitrogens with one attached hydrogen (secondary N) is 1. The van der Waals surface area contributed by atoms with Gasteiger partial charge in [-0.25, -0.2) is 17.5 Å². The summed E-state index contributed by atoms with van der Waals surface area (Å²) in [6, 6.07) is 12.0. The van der Waals surface area contributed by atoms with Gasteiger partial charge in [-0.3, -0.25) is 0 Å². The average Bonchev–Trinajstić information content (AvgIpc) is 2.45. The van der Waals surface area contributed by atoms with Crippen LogP contribution in [-0.4, -0.2) is 14.3 Å². The molecule has 0 spiro atoms. The summed E-state index contributed by atoms with van der Waals surface area (Å²) in [6.07, 6.45) is 0. The number of hydrogen-bond acceptors (Lipinski definition) is 2. The molecule has 1 N–H and O–H groups in total. The van der Waals surface area contributed by atoms with Gasteiger partial charge in [0, 0.05) is 10.4 Å². The Hall–Kier alpha value is -0.950. The molecule has 0 aliphatic heterocycles. The zero-order valence-corrected chi connectivity index (χ0v) is 13.9. The normalized spacial score (nSPS) is 13.1. The lowest BCUT2D eigenvalue weighted by molar-refractivity contribution is 0.547. The minimum Gasteiger partial charge on any atom is -0.207 e. The summed E-state index contributed by atoms with van der Waals surface area (Å²) in [6.45, 7) is 0. The van der Waals surface area contributed by atoms with E-state index in [2.05, 4.69) is 20.7 Å². The van der Waals surface area contributed by atoms with Gasteiger partial charge in [0.2, 0.25) is 10.0 Å². The monoisotopic (exact) mass is 391 g/mol. The van der Waals surface area contributed by atoms with E-state index in [1.54, 1.807) is 24.3 Å². The molecule has 0 aliphatic carbocycles. The number of alkyl halides is 1. The fraction of sp³-hybridized carbons (Fsp3) is 0.143. The van der Waals surface area contributed by atoms with Crippen molar-refractivity contribution >= 4 is 37.6 Å². The standard InChI is InChI=1S/C14H12BrClFNO2S/c15-11-6-7-14(12(17)8-11)21(19,20)18-13(9-16)10-4-2-1-3-5-10/h1-8,13,18H,9H2. The third-order valence-electron chi connectivity index (χ3n) is 2.84. The molecule has 0 fully saturated rings. The first kappa shape index (κ1) is 16.4. The third-order valence-corrected chi connectivity index (χ3v) is 5.14. The second-order valence-corrected chi connectivity index (χ2v) is 7.22. The van der Waals surface area contributed by atoms with Gasteiger partial charge in [0.05, 0.1) is 6.04 Å². The third kappa shape index (κ3) is 4.03. The molecule has 1 atom stereocenters. The highest BCUT2D eigenvalue weighted by molar-refractivity contribution is 9.10. The van der Waals surface area contributed by atoms with Crippen LogP contribution in [0.1, 0.15) is 11.6 Å². The highest BCUT2D eigenvalue weighted by atomic mass is 79.9. The number of hydrogen-bond donors (Lipinski definition) is 1. The van der Waals surface area contributed by atoms with Gasteiger partial charge in [-0.1, -0.05) is 46.3 Å². The first-order valence-corrected chi connectivity index (χ1v) is 8.83. The van der Waals surface area contributed by atoms with E-state index in [9.17, 15) is 12.8 Å². The van der Waals surface area contributed by atoms with Crippen LogP contribution in [0.25, 0.3) is 0 Å². The molecule has 112 valence electrons. The van der Waals surface area contributed by atoms with Gasteiger partial charge in [0.25, 0.3) is 0 Å². The minimum atomic E-state index is -4.00. The van der Waals surface area contributed by atoms with E-state index in [1.165, 1.54) is 12.1 Å². The van der Waals surface area contributed by atoms with Crippen molar-refractivity contribution in [3.8, 4) is 0 Å². The van der Waals surface area contributed by atoms with Crippen LogP contribution in [0.4, 0.5) is 4.39 Å². The Balaban J connectivity index is 2.32. The molecule has 0 saturated heterocycles. The number of benzene rings is 2. The Morgan fingerprint density at radius 1 is 1.19 bits per heavy atom. The number of sulfonamides is 1. The maximum atomic E-state index is 13.8. The first-order valence-electron chi connectivity index (χ1n) is 6.02. The zero-order valence-electron chi connectivity index (χ0n) is 10.8. The van der Waals surface area contributed by atoms with E-state index in [0.29, 0.717) is 10.0 Å². The molecule has 2 rings (SSSR count). The predicted molar refractivity (Wildman–Crippen MR) is 84.3 cm³/mol. The topological polar surface area (TPSA) is 46.2 Å². The van der Waals surface area contributed by atoms with Crippen molar-refractivity contribution in [3.05, 3.63) is 64.4 Å². The van der Waals surface area contributed by atoms with Crippen molar-refractivity contribution in [2.45, 2.75) is 10.9 Å². The molecule has 0 aliphatic rings. The molecule has 1 unspecified atom stereocenters. The SMILES string of the molecule is O=S(=O)(NC(CCl)c1ccccc1)c1ccc(Br)cc1F. The number of halogens is 3. The highest BCUT2D eigenvalue weighted by Gasteiger charge is 2.23. The van der Waals surface area contributed by atoms with Crippen LogP contribution in [0.5, 0.6) is 0 Å². The summed E-state index contributed by atoms with van der Waals surface area (Å²) in [7, 11) is -4.00. The van der Waals surface area contributed by atoms with Crippen LogP contribution >= 0.6 is 27.5 Å². The predicted octanol–water partition coefficient (Wildman–Crippen LogP) is 3.85. The Morgan fingerprint density at radius 2 is 1.86 bits per heavy atom. The summed E-state index contributed by atoms with van der Waals surface area (Å²) in [5.41, 5.74) is 0.716. The molecule has 3 nitrogen and oxygen atoms in total. The van der Waals surface area contributed by atoms with E-state index in [-0.39, 0.29) is 5.88 Å². The second-order valence-electron chi connectivity index (χ2n) is 4.31. The Labute approximate surface area is 136 Å². The van der Waals surface area contributed by atoms with Crippen molar-refractivity contribution < 1.29 is 12.8 Å². The van der Waals surface area contributed by atoms with Crippen molar-refractivity contribution in [1.29, 1.82) is 0 Å². The van der Waals surface area contributed by atoms with Gasteiger partial charge in [0.1, 0.15) is 10.7 Å². The molecule has 0 radical (unpaired) electrons. The van der Waals surface area contributed by atoms with E-state index < -0.39 is 26.8 Å². The van der Waals surface area contributed by atoms with Gasteiger partial charge >= 0.3 is 0 Å². The maximum absolute atomic E-state index is 13.8. The molecule has 0 aromatic heterocycles. The van der Waals surface area contributed by atoms with Gasteiger partial charge < -0.3 is 0 Å². The molecule has 0 heterocycles. The molecule has 0 bridgehead atoms. The molecule has 2 aromatic carbocycles. The average molecular weight is 393 g/mol. The van der Waals surface area contributed by atoms with Crippen LogP contribution in [0.3, 0.4) is 0 Å². The van der Waals surface area contributed by atoms with Crippen molar-refractivity contribution in [1.82, 2.24) is 4.72 Å². The van der Waals surface area contributed by atoms with E-state index >= 15 is 0 Å². The summed E-state index contributed by atoms with van der Waals surface area (Å²) in [4.78, 5) is -0.406. The molecular weight excluding hydrogens is 381 g/mol. The molecule has 2 aromatic rings. The van der Waals surface area contributed by atoms with Gasteiger partial charge in [-0.05, 0) is 23.8 Å². The lowest BCUT2D eigenvalue weighted by Crippen LogP contribution is -2.30. The summed E-state index contributed by atoms with van der Waals surface area (Å²) < 4.78 is 41.3. The first-order chi connectivity index (χ1) is 9.94. The molecule has 0 amide bonds. The van der Waals surface area contributed by atoms with Gasteiger partial charge in [-0.15, -0.1) is 11.6 Å².